The maximum atomic E-state index is 12.3. The Morgan fingerprint density at radius 3 is 2.27 bits per heavy atom. The summed E-state index contributed by atoms with van der Waals surface area (Å²) >= 11 is 0. The van der Waals surface area contributed by atoms with Crippen molar-refractivity contribution in [3.63, 3.8) is 0 Å². The number of rotatable bonds is 6. The molecule has 19 unspecified atom stereocenters. The molecule has 19 atom stereocenters. The van der Waals surface area contributed by atoms with E-state index >= 15 is 0 Å². The Hall–Kier alpha value is -0.740. The molecule has 4 aliphatic carbocycles. The van der Waals surface area contributed by atoms with Crippen LogP contribution < -0.4 is 0 Å². The van der Waals surface area contributed by atoms with E-state index in [0.29, 0.717) is 31.0 Å². The van der Waals surface area contributed by atoms with Crippen LogP contribution in [0.3, 0.4) is 0 Å². The topological polar surface area (TPSA) is 177 Å². The predicted molar refractivity (Wildman–Crippen MR) is 186 cm³/mol. The summed E-state index contributed by atoms with van der Waals surface area (Å²) in [5, 5.41) is 64.3. The molecule has 0 amide bonds. The van der Waals surface area contributed by atoms with Gasteiger partial charge in [-0.1, -0.05) is 39.3 Å². The molecule has 4 saturated carbocycles. The molecule has 4 heterocycles. The van der Waals surface area contributed by atoms with Gasteiger partial charge >= 0.3 is 0 Å². The molecule has 4 aliphatic heterocycles. The van der Waals surface area contributed by atoms with E-state index in [1.54, 1.807) is 0 Å². The molecule has 296 valence electrons. The molecular formula is C40H64O12. The quantitative estimate of drug-likeness (QED) is 0.174. The van der Waals surface area contributed by atoms with E-state index in [2.05, 4.69) is 47.6 Å². The van der Waals surface area contributed by atoms with Crippen LogP contribution in [0.25, 0.3) is 0 Å². The summed E-state index contributed by atoms with van der Waals surface area (Å²) in [6.07, 6.45) is -1.31. The van der Waals surface area contributed by atoms with Gasteiger partial charge in [0.1, 0.15) is 36.6 Å². The molecule has 0 aromatic rings. The lowest BCUT2D eigenvalue weighted by Crippen LogP contribution is -2.68. The number of aliphatic hydroxyl groups is 6. The molecule has 0 radical (unpaired) electrons. The van der Waals surface area contributed by atoms with Crippen molar-refractivity contribution in [2.45, 2.75) is 160 Å². The first-order chi connectivity index (χ1) is 24.4. The largest absolute Gasteiger partial charge is 0.394 e. The van der Waals surface area contributed by atoms with Gasteiger partial charge in [-0.05, 0) is 93.3 Å². The van der Waals surface area contributed by atoms with Gasteiger partial charge in [0.05, 0.1) is 38.1 Å². The molecular weight excluding hydrogens is 672 g/mol. The number of hydrogen-bond donors (Lipinski definition) is 6. The van der Waals surface area contributed by atoms with Crippen molar-refractivity contribution in [1.82, 2.24) is 0 Å². The molecule has 4 saturated heterocycles. The summed E-state index contributed by atoms with van der Waals surface area (Å²) in [5.41, 5.74) is -0.0222. The second-order valence-corrected chi connectivity index (χ2v) is 19.6. The summed E-state index contributed by atoms with van der Waals surface area (Å²) in [6.45, 7) is 16.3. The van der Waals surface area contributed by atoms with Crippen LogP contribution in [-0.4, -0.2) is 124 Å². The summed E-state index contributed by atoms with van der Waals surface area (Å²) in [7, 11) is 0. The van der Waals surface area contributed by atoms with Crippen molar-refractivity contribution in [1.29, 1.82) is 0 Å². The third-order valence-electron chi connectivity index (χ3n) is 16.6. The Morgan fingerprint density at radius 1 is 0.827 bits per heavy atom. The highest BCUT2D eigenvalue weighted by Gasteiger charge is 2.81. The van der Waals surface area contributed by atoms with Gasteiger partial charge in [0, 0.05) is 23.7 Å². The summed E-state index contributed by atoms with van der Waals surface area (Å²) in [4.78, 5) is 0. The first kappa shape index (κ1) is 38.1. The van der Waals surface area contributed by atoms with E-state index in [4.69, 9.17) is 28.4 Å². The minimum absolute atomic E-state index is 0.0159. The number of hydrogen-bond acceptors (Lipinski definition) is 12. The zero-order valence-electron chi connectivity index (χ0n) is 32.1. The Balaban J connectivity index is 1.03. The molecule has 52 heavy (non-hydrogen) atoms. The zero-order chi connectivity index (χ0) is 37.4. The van der Waals surface area contributed by atoms with Crippen LogP contribution in [0.4, 0.5) is 0 Å². The van der Waals surface area contributed by atoms with Gasteiger partial charge in [-0.15, -0.1) is 0 Å². The van der Waals surface area contributed by atoms with Crippen LogP contribution in [-0.2, 0) is 28.4 Å². The van der Waals surface area contributed by atoms with E-state index in [1.807, 2.05) is 6.92 Å². The van der Waals surface area contributed by atoms with Crippen LogP contribution in [0.15, 0.2) is 11.6 Å². The zero-order valence-corrected chi connectivity index (χ0v) is 32.1. The van der Waals surface area contributed by atoms with Crippen LogP contribution in [0.1, 0.15) is 93.4 Å². The van der Waals surface area contributed by atoms with Crippen LogP contribution in [0, 0.1) is 51.2 Å². The first-order valence-corrected chi connectivity index (χ1v) is 19.9. The molecule has 8 rings (SSSR count). The second-order valence-electron chi connectivity index (χ2n) is 19.6. The van der Waals surface area contributed by atoms with Crippen LogP contribution in [0.2, 0.25) is 0 Å². The fraction of sp³-hybridized carbons (Fsp3) is 0.950. The van der Waals surface area contributed by atoms with Crippen LogP contribution in [0.5, 0.6) is 0 Å². The molecule has 12 heteroatoms. The van der Waals surface area contributed by atoms with E-state index in [0.717, 1.165) is 44.9 Å². The SMILES string of the molecule is CC(C)=CC1COC23CC4(CO2)C(CCC2C5(C)CCC(OC6OCC(O)C(O)C6OC6OC(CO)C(O)C6O)C(C)(C)C5CCC24C)C3C1(C)O. The lowest BCUT2D eigenvalue weighted by Gasteiger charge is -2.70. The van der Waals surface area contributed by atoms with Gasteiger partial charge in [-0.25, -0.2) is 0 Å². The highest BCUT2D eigenvalue weighted by molar-refractivity contribution is 5.27. The lowest BCUT2D eigenvalue weighted by atomic mass is 9.35. The first-order valence-electron chi connectivity index (χ1n) is 19.9. The fourth-order valence-corrected chi connectivity index (χ4v) is 14.1. The molecule has 8 fully saturated rings. The summed E-state index contributed by atoms with van der Waals surface area (Å²) < 4.78 is 37.8. The minimum Gasteiger partial charge on any atom is -0.394 e. The monoisotopic (exact) mass is 736 g/mol. The Kier molecular flexibility index (Phi) is 9.27. The maximum Gasteiger partial charge on any atom is 0.187 e. The van der Waals surface area contributed by atoms with E-state index in [-0.39, 0.29) is 46.2 Å². The smallest absolute Gasteiger partial charge is 0.187 e. The van der Waals surface area contributed by atoms with Crippen molar-refractivity contribution in [3.05, 3.63) is 11.6 Å². The predicted octanol–water partition coefficient (Wildman–Crippen LogP) is 2.64. The number of aliphatic hydroxyl groups excluding tert-OH is 5. The standard InChI is InChI=1S/C40H64O12/c1-20(2)14-21-16-48-40-18-39(19-49-40)22(32(40)38(21,7)46)8-9-26-36(5)12-11-27(35(3,4)25(36)10-13-37(26,39)6)51-34-31(28(43)23(42)17-47-34)52-33-30(45)29(44)24(15-41)50-33/h14,21-34,41-46H,8-13,15-19H2,1-7H3. The van der Waals surface area contributed by atoms with Crippen molar-refractivity contribution in [2.75, 3.05) is 26.4 Å². The van der Waals surface area contributed by atoms with Crippen molar-refractivity contribution < 1.29 is 59.1 Å². The number of ether oxygens (including phenoxy) is 6. The van der Waals surface area contributed by atoms with Gasteiger partial charge in [-0.3, -0.25) is 0 Å². The normalized spacial score (nSPS) is 57.8. The molecule has 2 bridgehead atoms. The molecule has 8 aliphatic rings. The highest BCUT2D eigenvalue weighted by Crippen LogP contribution is 2.80. The second kappa shape index (κ2) is 12.6. The van der Waals surface area contributed by atoms with Crippen molar-refractivity contribution >= 4 is 0 Å². The van der Waals surface area contributed by atoms with E-state index in [1.165, 1.54) is 5.57 Å². The molecule has 6 N–H and O–H groups in total. The highest BCUT2D eigenvalue weighted by atomic mass is 16.8. The Bertz CT molecular complexity index is 1400. The third-order valence-corrected chi connectivity index (χ3v) is 16.6. The van der Waals surface area contributed by atoms with E-state index < -0.39 is 67.2 Å². The van der Waals surface area contributed by atoms with Gasteiger partial charge in [0.25, 0.3) is 0 Å². The Morgan fingerprint density at radius 2 is 1.58 bits per heavy atom. The fourth-order valence-electron chi connectivity index (χ4n) is 14.1. The lowest BCUT2D eigenvalue weighted by molar-refractivity contribution is -0.345. The average molecular weight is 737 g/mol. The van der Waals surface area contributed by atoms with Gasteiger partial charge in [0.15, 0.2) is 18.4 Å². The van der Waals surface area contributed by atoms with Crippen molar-refractivity contribution in [3.8, 4) is 0 Å². The maximum absolute atomic E-state index is 12.3. The molecule has 12 nitrogen and oxygen atoms in total. The third kappa shape index (κ3) is 5.15. The Labute approximate surface area is 308 Å². The minimum atomic E-state index is -1.46. The average Bonchev–Trinajstić information content (AvgIpc) is 3.70. The van der Waals surface area contributed by atoms with Crippen LogP contribution >= 0.6 is 0 Å². The number of allylic oxidation sites excluding steroid dienone is 1. The van der Waals surface area contributed by atoms with Gasteiger partial charge in [-0.2, -0.15) is 0 Å². The van der Waals surface area contributed by atoms with Gasteiger partial charge < -0.3 is 59.1 Å². The van der Waals surface area contributed by atoms with Crippen molar-refractivity contribution in [2.24, 2.45) is 51.2 Å². The van der Waals surface area contributed by atoms with E-state index in [9.17, 15) is 30.6 Å². The number of fused-ring (bicyclic) bond motifs is 4. The summed E-state index contributed by atoms with van der Waals surface area (Å²) in [5.74, 6) is 0.263. The van der Waals surface area contributed by atoms with Gasteiger partial charge in [0.2, 0.25) is 0 Å². The molecule has 2 spiro atoms. The molecule has 0 aromatic heterocycles. The molecule has 0 aromatic carbocycles. The summed E-state index contributed by atoms with van der Waals surface area (Å²) in [6, 6.07) is 0.